The largest absolute Gasteiger partial charge is 0.344 e. The molecule has 1 fully saturated rings. The lowest BCUT2D eigenvalue weighted by atomic mass is 9.90. The number of hydrogen-bond donors (Lipinski definition) is 0. The predicted molar refractivity (Wildman–Crippen MR) is 63.3 cm³/mol. The molecule has 0 amide bonds. The summed E-state index contributed by atoms with van der Waals surface area (Å²) < 4.78 is 11.8. The average Bonchev–Trinajstić information content (AvgIpc) is 2.30. The first-order valence-electron chi connectivity index (χ1n) is 5.81. The van der Waals surface area contributed by atoms with Crippen LogP contribution in [0.1, 0.15) is 53.4 Å². The van der Waals surface area contributed by atoms with Crippen LogP contribution in [0.4, 0.5) is 0 Å². The van der Waals surface area contributed by atoms with E-state index in [1.54, 1.807) is 0 Å². The molecular formula is C12H23ClO2. The van der Waals surface area contributed by atoms with Crippen molar-refractivity contribution in [3.63, 3.8) is 0 Å². The van der Waals surface area contributed by atoms with Gasteiger partial charge in [0.15, 0.2) is 6.29 Å². The van der Waals surface area contributed by atoms with Crippen LogP contribution < -0.4 is 0 Å². The Labute approximate surface area is 98.3 Å². The van der Waals surface area contributed by atoms with Crippen molar-refractivity contribution in [3.05, 3.63) is 0 Å². The Bertz CT molecular complexity index is 186. The lowest BCUT2D eigenvalue weighted by Gasteiger charge is -2.30. The molecule has 0 N–H and O–H groups in total. The fraction of sp³-hybridized carbons (Fsp3) is 1.00. The first-order chi connectivity index (χ1) is 6.89. The van der Waals surface area contributed by atoms with Crippen LogP contribution in [0.25, 0.3) is 0 Å². The van der Waals surface area contributed by atoms with Crippen molar-refractivity contribution < 1.29 is 9.47 Å². The molecule has 1 saturated heterocycles. The van der Waals surface area contributed by atoms with Crippen molar-refractivity contribution in [1.29, 1.82) is 0 Å². The van der Waals surface area contributed by atoms with Gasteiger partial charge in [-0.05, 0) is 47.0 Å². The molecule has 1 rings (SSSR count). The third-order valence-corrected chi connectivity index (χ3v) is 3.64. The van der Waals surface area contributed by atoms with E-state index in [1.165, 1.54) is 0 Å². The van der Waals surface area contributed by atoms with Crippen LogP contribution in [0.2, 0.25) is 0 Å². The van der Waals surface area contributed by atoms with E-state index < -0.39 is 0 Å². The van der Waals surface area contributed by atoms with Crippen LogP contribution in [-0.2, 0) is 9.47 Å². The van der Waals surface area contributed by atoms with Crippen LogP contribution in [0, 0.1) is 0 Å². The summed E-state index contributed by atoms with van der Waals surface area (Å²) in [5, 5.41) is 0. The Kier molecular flexibility index (Phi) is 4.45. The second-order valence-corrected chi connectivity index (χ2v) is 5.60. The maximum Gasteiger partial charge on any atom is 0.159 e. The molecule has 0 radical (unpaired) electrons. The third kappa shape index (κ3) is 3.33. The van der Waals surface area contributed by atoms with Gasteiger partial charge in [0.05, 0.1) is 11.2 Å². The van der Waals surface area contributed by atoms with Gasteiger partial charge >= 0.3 is 0 Å². The van der Waals surface area contributed by atoms with E-state index in [4.69, 9.17) is 21.1 Å². The van der Waals surface area contributed by atoms with E-state index in [0.717, 1.165) is 31.6 Å². The SMILES string of the molecule is CC1(C)OC(CCCCCCl)OC1(C)C. The van der Waals surface area contributed by atoms with Crippen LogP contribution in [0.5, 0.6) is 0 Å². The number of ether oxygens (including phenoxy) is 2. The van der Waals surface area contributed by atoms with E-state index in [1.807, 2.05) is 0 Å². The van der Waals surface area contributed by atoms with Crippen LogP contribution in [-0.4, -0.2) is 23.4 Å². The zero-order chi connectivity index (χ0) is 11.5. The highest BCUT2D eigenvalue weighted by atomic mass is 35.5. The zero-order valence-corrected chi connectivity index (χ0v) is 11.1. The van der Waals surface area contributed by atoms with Crippen molar-refractivity contribution >= 4 is 11.6 Å². The van der Waals surface area contributed by atoms with Gasteiger partial charge in [0, 0.05) is 5.88 Å². The minimum atomic E-state index is -0.190. The standard InChI is InChI=1S/C12H23ClO2/c1-11(2)12(3,4)15-10(14-11)8-6-5-7-9-13/h10H,5-9H2,1-4H3. The van der Waals surface area contributed by atoms with Gasteiger partial charge in [-0.25, -0.2) is 0 Å². The molecule has 3 heteroatoms. The minimum absolute atomic E-state index is 0.0367. The van der Waals surface area contributed by atoms with Gasteiger partial charge in [-0.1, -0.05) is 6.42 Å². The van der Waals surface area contributed by atoms with Crippen molar-refractivity contribution in [2.75, 3.05) is 5.88 Å². The molecule has 0 unspecified atom stereocenters. The number of rotatable bonds is 5. The molecule has 0 aromatic carbocycles. The number of halogens is 1. The summed E-state index contributed by atoms with van der Waals surface area (Å²) in [4.78, 5) is 0. The molecule has 1 heterocycles. The average molecular weight is 235 g/mol. The smallest absolute Gasteiger partial charge is 0.159 e. The fourth-order valence-corrected chi connectivity index (χ4v) is 1.85. The Morgan fingerprint density at radius 3 is 1.93 bits per heavy atom. The lowest BCUT2D eigenvalue weighted by Crippen LogP contribution is -2.41. The summed E-state index contributed by atoms with van der Waals surface area (Å²) in [6.07, 6.45) is 4.31. The van der Waals surface area contributed by atoms with Gasteiger partial charge in [0.2, 0.25) is 0 Å². The van der Waals surface area contributed by atoms with Crippen molar-refractivity contribution in [2.45, 2.75) is 70.9 Å². The predicted octanol–water partition coefficient (Wildman–Crippen LogP) is 3.72. The number of alkyl halides is 1. The molecular weight excluding hydrogens is 212 g/mol. The summed E-state index contributed by atoms with van der Waals surface area (Å²) in [5.74, 6) is 0.753. The highest BCUT2D eigenvalue weighted by Crippen LogP contribution is 2.39. The van der Waals surface area contributed by atoms with E-state index >= 15 is 0 Å². The van der Waals surface area contributed by atoms with Gasteiger partial charge in [0.25, 0.3) is 0 Å². The maximum atomic E-state index is 5.89. The fourth-order valence-electron chi connectivity index (χ4n) is 1.67. The summed E-state index contributed by atoms with van der Waals surface area (Å²) in [7, 11) is 0. The molecule has 0 bridgehead atoms. The molecule has 0 aliphatic carbocycles. The molecule has 15 heavy (non-hydrogen) atoms. The highest BCUT2D eigenvalue weighted by Gasteiger charge is 2.48. The Morgan fingerprint density at radius 2 is 1.47 bits per heavy atom. The Morgan fingerprint density at radius 1 is 0.933 bits per heavy atom. The first kappa shape index (κ1) is 13.3. The topological polar surface area (TPSA) is 18.5 Å². The first-order valence-corrected chi connectivity index (χ1v) is 6.34. The van der Waals surface area contributed by atoms with Gasteiger partial charge in [0.1, 0.15) is 0 Å². The van der Waals surface area contributed by atoms with Crippen LogP contribution in [0.3, 0.4) is 0 Å². The quantitative estimate of drug-likeness (QED) is 0.533. The van der Waals surface area contributed by atoms with Gasteiger partial charge < -0.3 is 9.47 Å². The van der Waals surface area contributed by atoms with E-state index in [-0.39, 0.29) is 17.5 Å². The second-order valence-electron chi connectivity index (χ2n) is 5.22. The molecule has 0 atom stereocenters. The summed E-state index contributed by atoms with van der Waals surface area (Å²) in [6.45, 7) is 8.36. The third-order valence-electron chi connectivity index (χ3n) is 3.38. The monoisotopic (exact) mass is 234 g/mol. The highest BCUT2D eigenvalue weighted by molar-refractivity contribution is 6.17. The van der Waals surface area contributed by atoms with E-state index in [0.29, 0.717) is 0 Å². The van der Waals surface area contributed by atoms with Crippen molar-refractivity contribution in [2.24, 2.45) is 0 Å². The Hall–Kier alpha value is 0.210. The molecule has 0 aromatic heterocycles. The Balaban J connectivity index is 2.30. The second kappa shape index (κ2) is 5.03. The van der Waals surface area contributed by atoms with E-state index in [9.17, 15) is 0 Å². The van der Waals surface area contributed by atoms with Crippen LogP contribution >= 0.6 is 11.6 Å². The molecule has 0 spiro atoms. The number of hydrogen-bond acceptors (Lipinski definition) is 2. The summed E-state index contributed by atoms with van der Waals surface area (Å²) >= 11 is 5.63. The molecule has 0 saturated carbocycles. The minimum Gasteiger partial charge on any atom is -0.344 e. The van der Waals surface area contributed by atoms with E-state index in [2.05, 4.69) is 27.7 Å². The van der Waals surface area contributed by atoms with Gasteiger partial charge in [-0.15, -0.1) is 11.6 Å². The molecule has 0 aromatic rings. The summed E-state index contributed by atoms with van der Waals surface area (Å²) in [6, 6.07) is 0. The zero-order valence-electron chi connectivity index (χ0n) is 10.3. The molecule has 1 aliphatic heterocycles. The molecule has 1 aliphatic rings. The van der Waals surface area contributed by atoms with Crippen LogP contribution in [0.15, 0.2) is 0 Å². The molecule has 2 nitrogen and oxygen atoms in total. The van der Waals surface area contributed by atoms with Crippen molar-refractivity contribution in [1.82, 2.24) is 0 Å². The van der Waals surface area contributed by atoms with Gasteiger partial charge in [-0.3, -0.25) is 0 Å². The number of unbranched alkanes of at least 4 members (excludes halogenated alkanes) is 2. The van der Waals surface area contributed by atoms with Crippen molar-refractivity contribution in [3.8, 4) is 0 Å². The summed E-state index contributed by atoms with van der Waals surface area (Å²) in [5.41, 5.74) is -0.381. The van der Waals surface area contributed by atoms with Gasteiger partial charge in [-0.2, -0.15) is 0 Å². The maximum absolute atomic E-state index is 5.89. The molecule has 90 valence electrons. The normalized spacial score (nSPS) is 24.6. The lowest BCUT2D eigenvalue weighted by molar-refractivity contribution is -0.0912.